The average Bonchev–Trinajstić information content (AvgIpc) is 3.54. The average molecular weight is 627 g/mol. The third-order valence-corrected chi connectivity index (χ3v) is 9.36. The van der Waals surface area contributed by atoms with Crippen LogP contribution in [0.4, 0.5) is 0 Å². The minimum Gasteiger partial charge on any atom is -0.456 e. The van der Waals surface area contributed by atoms with E-state index in [0.29, 0.717) is 17.5 Å². The molecule has 0 aliphatic heterocycles. The Labute approximate surface area is 281 Å². The fourth-order valence-corrected chi connectivity index (χ4v) is 6.96. The molecule has 3 heterocycles. The standard InChI is InChI=1S/C44H26N4O/c1-2-9-28(10-3-1)42-46-43(33-17-16-27-8-4-5-11-29(27)22-33)48-44(47-42)37-14-6-12-31-23-32(18-19-35(31)37)36-13-7-15-39-41(36)38-24-30-20-21-45-26-34(30)25-40(38)49-39/h1-26H. The number of aromatic nitrogens is 4. The van der Waals surface area contributed by atoms with Crippen LogP contribution in [0.25, 0.3) is 99.5 Å². The summed E-state index contributed by atoms with van der Waals surface area (Å²) in [4.78, 5) is 19.4. The van der Waals surface area contributed by atoms with Crippen LogP contribution in [-0.4, -0.2) is 19.9 Å². The summed E-state index contributed by atoms with van der Waals surface area (Å²) < 4.78 is 6.36. The van der Waals surface area contributed by atoms with E-state index in [-0.39, 0.29) is 0 Å². The first-order valence-electron chi connectivity index (χ1n) is 16.3. The van der Waals surface area contributed by atoms with Gasteiger partial charge in [-0.3, -0.25) is 4.98 Å². The van der Waals surface area contributed by atoms with Gasteiger partial charge in [-0.1, -0.05) is 109 Å². The van der Waals surface area contributed by atoms with E-state index in [0.717, 1.165) is 76.7 Å². The first kappa shape index (κ1) is 27.4. The molecule has 10 rings (SSSR count). The summed E-state index contributed by atoms with van der Waals surface area (Å²) in [6.07, 6.45) is 3.71. The van der Waals surface area contributed by atoms with Crippen LogP contribution in [-0.2, 0) is 0 Å². The molecule has 0 saturated carbocycles. The van der Waals surface area contributed by atoms with Gasteiger partial charge in [0.25, 0.3) is 0 Å². The molecule has 0 N–H and O–H groups in total. The van der Waals surface area contributed by atoms with Crippen LogP contribution in [0, 0.1) is 0 Å². The van der Waals surface area contributed by atoms with Crippen molar-refractivity contribution in [1.82, 2.24) is 19.9 Å². The highest BCUT2D eigenvalue weighted by molar-refractivity contribution is 6.16. The maximum atomic E-state index is 6.36. The highest BCUT2D eigenvalue weighted by atomic mass is 16.3. The van der Waals surface area contributed by atoms with Gasteiger partial charge in [0.1, 0.15) is 11.2 Å². The molecule has 0 radical (unpaired) electrons. The molecular weight excluding hydrogens is 601 g/mol. The molecule has 228 valence electrons. The van der Waals surface area contributed by atoms with Crippen LogP contribution in [0.1, 0.15) is 0 Å². The van der Waals surface area contributed by atoms with Gasteiger partial charge in [0, 0.05) is 45.2 Å². The van der Waals surface area contributed by atoms with Crippen molar-refractivity contribution in [3.05, 3.63) is 158 Å². The SMILES string of the molecule is c1ccc(-c2nc(-c3ccc4ccccc4c3)nc(-c3cccc4cc(-c5cccc6oc7cc8cnccc8cc7c56)ccc34)n2)cc1. The Kier molecular flexibility index (Phi) is 6.11. The second-order valence-electron chi connectivity index (χ2n) is 12.3. The number of benzene rings is 7. The van der Waals surface area contributed by atoms with Crippen LogP contribution in [0.3, 0.4) is 0 Å². The van der Waals surface area contributed by atoms with Gasteiger partial charge in [0.05, 0.1) is 0 Å². The monoisotopic (exact) mass is 626 g/mol. The Bertz CT molecular complexity index is 2890. The summed E-state index contributed by atoms with van der Waals surface area (Å²) in [7, 11) is 0. The quantitative estimate of drug-likeness (QED) is 0.194. The zero-order valence-corrected chi connectivity index (χ0v) is 26.2. The van der Waals surface area contributed by atoms with E-state index < -0.39 is 0 Å². The highest BCUT2D eigenvalue weighted by Crippen LogP contribution is 2.40. The molecule has 0 spiro atoms. The summed E-state index contributed by atoms with van der Waals surface area (Å²) in [6, 6.07) is 50.4. The van der Waals surface area contributed by atoms with E-state index in [2.05, 4.69) is 108 Å². The molecule has 0 fully saturated rings. The third kappa shape index (κ3) is 4.63. The molecule has 0 amide bonds. The Morgan fingerprint density at radius 3 is 2.02 bits per heavy atom. The van der Waals surface area contributed by atoms with Crippen LogP contribution < -0.4 is 0 Å². The fourth-order valence-electron chi connectivity index (χ4n) is 6.96. The molecule has 49 heavy (non-hydrogen) atoms. The Hall–Kier alpha value is -6.72. The first-order valence-corrected chi connectivity index (χ1v) is 16.3. The molecule has 5 heteroatoms. The number of rotatable bonds is 4. The number of fused-ring (bicyclic) bond motifs is 6. The molecule has 7 aromatic carbocycles. The third-order valence-electron chi connectivity index (χ3n) is 9.36. The lowest BCUT2D eigenvalue weighted by molar-refractivity contribution is 0.669. The van der Waals surface area contributed by atoms with Crippen molar-refractivity contribution < 1.29 is 4.42 Å². The van der Waals surface area contributed by atoms with Gasteiger partial charge in [-0.05, 0) is 74.5 Å². The largest absolute Gasteiger partial charge is 0.456 e. The maximum Gasteiger partial charge on any atom is 0.164 e. The van der Waals surface area contributed by atoms with Crippen molar-refractivity contribution in [2.75, 3.05) is 0 Å². The fraction of sp³-hybridized carbons (Fsp3) is 0. The smallest absolute Gasteiger partial charge is 0.164 e. The topological polar surface area (TPSA) is 64.7 Å². The number of pyridine rings is 1. The molecule has 3 aromatic heterocycles. The lowest BCUT2D eigenvalue weighted by atomic mass is 9.95. The van der Waals surface area contributed by atoms with Crippen LogP contribution in [0.2, 0.25) is 0 Å². The van der Waals surface area contributed by atoms with Gasteiger partial charge < -0.3 is 4.42 Å². The molecule has 10 aromatic rings. The van der Waals surface area contributed by atoms with Crippen molar-refractivity contribution in [2.24, 2.45) is 0 Å². The number of hydrogen-bond acceptors (Lipinski definition) is 5. The van der Waals surface area contributed by atoms with Gasteiger partial charge in [-0.25, -0.2) is 15.0 Å². The molecule has 0 bridgehead atoms. The van der Waals surface area contributed by atoms with Gasteiger partial charge in [0.2, 0.25) is 0 Å². The zero-order valence-electron chi connectivity index (χ0n) is 26.2. The van der Waals surface area contributed by atoms with E-state index in [9.17, 15) is 0 Å². The van der Waals surface area contributed by atoms with E-state index in [1.807, 2.05) is 54.9 Å². The predicted molar refractivity (Wildman–Crippen MR) is 199 cm³/mol. The second-order valence-corrected chi connectivity index (χ2v) is 12.3. The first-order chi connectivity index (χ1) is 24.2. The van der Waals surface area contributed by atoms with Crippen LogP contribution >= 0.6 is 0 Å². The summed E-state index contributed by atoms with van der Waals surface area (Å²) in [5, 5.41) is 8.90. The van der Waals surface area contributed by atoms with Crippen molar-refractivity contribution >= 4 is 54.3 Å². The zero-order chi connectivity index (χ0) is 32.3. The molecule has 0 aliphatic rings. The van der Waals surface area contributed by atoms with Crippen molar-refractivity contribution in [3.63, 3.8) is 0 Å². The summed E-state index contributed by atoms with van der Waals surface area (Å²) in [5.41, 5.74) is 6.82. The van der Waals surface area contributed by atoms with E-state index in [4.69, 9.17) is 19.4 Å². The molecule has 0 saturated heterocycles. The maximum absolute atomic E-state index is 6.36. The van der Waals surface area contributed by atoms with E-state index in [1.165, 1.54) is 5.39 Å². The second kappa shape index (κ2) is 10.9. The molecule has 0 aliphatic carbocycles. The predicted octanol–water partition coefficient (Wildman–Crippen LogP) is 11.3. The van der Waals surface area contributed by atoms with Crippen LogP contribution in [0.15, 0.2) is 162 Å². The van der Waals surface area contributed by atoms with Crippen molar-refractivity contribution in [2.45, 2.75) is 0 Å². The summed E-state index contributed by atoms with van der Waals surface area (Å²) in [5.74, 6) is 1.92. The Balaban J connectivity index is 1.14. The molecule has 0 unspecified atom stereocenters. The van der Waals surface area contributed by atoms with Gasteiger partial charge in [0.15, 0.2) is 17.5 Å². The Morgan fingerprint density at radius 2 is 1.10 bits per heavy atom. The van der Waals surface area contributed by atoms with E-state index in [1.54, 1.807) is 0 Å². The molecule has 5 nitrogen and oxygen atoms in total. The van der Waals surface area contributed by atoms with Gasteiger partial charge >= 0.3 is 0 Å². The minimum absolute atomic E-state index is 0.639. The number of furan rings is 1. The highest BCUT2D eigenvalue weighted by Gasteiger charge is 2.17. The summed E-state index contributed by atoms with van der Waals surface area (Å²) >= 11 is 0. The number of hydrogen-bond donors (Lipinski definition) is 0. The summed E-state index contributed by atoms with van der Waals surface area (Å²) in [6.45, 7) is 0. The molecular formula is C44H26N4O. The lowest BCUT2D eigenvalue weighted by Crippen LogP contribution is -2.00. The normalized spacial score (nSPS) is 11.7. The van der Waals surface area contributed by atoms with Crippen molar-refractivity contribution in [3.8, 4) is 45.3 Å². The van der Waals surface area contributed by atoms with Gasteiger partial charge in [-0.15, -0.1) is 0 Å². The van der Waals surface area contributed by atoms with Gasteiger partial charge in [-0.2, -0.15) is 0 Å². The van der Waals surface area contributed by atoms with Crippen molar-refractivity contribution in [1.29, 1.82) is 0 Å². The number of nitrogens with zero attached hydrogens (tertiary/aromatic N) is 4. The van der Waals surface area contributed by atoms with Crippen LogP contribution in [0.5, 0.6) is 0 Å². The Morgan fingerprint density at radius 1 is 0.388 bits per heavy atom. The minimum atomic E-state index is 0.639. The van der Waals surface area contributed by atoms with E-state index >= 15 is 0 Å². The lowest BCUT2D eigenvalue weighted by Gasteiger charge is -2.12. The molecule has 0 atom stereocenters.